The predicted molar refractivity (Wildman–Crippen MR) is 267 cm³/mol. The fourth-order valence-corrected chi connectivity index (χ4v) is 12.8. The van der Waals surface area contributed by atoms with Crippen molar-refractivity contribution in [1.82, 2.24) is 0 Å². The van der Waals surface area contributed by atoms with E-state index in [1.807, 2.05) is 0 Å². The average molecular weight is 820 g/mol. The molecule has 0 saturated heterocycles. The zero-order chi connectivity index (χ0) is 42.6. The van der Waals surface area contributed by atoms with Crippen LogP contribution in [0.1, 0.15) is 72.9 Å². The van der Waals surface area contributed by atoms with Crippen LogP contribution in [0.2, 0.25) is 0 Å². The highest BCUT2D eigenvalue weighted by atomic mass is 15.1. The van der Waals surface area contributed by atoms with Crippen molar-refractivity contribution in [2.24, 2.45) is 0 Å². The second-order valence-electron chi connectivity index (χ2n) is 19.2. The molecule has 4 aliphatic rings. The van der Waals surface area contributed by atoms with Crippen molar-refractivity contribution < 1.29 is 0 Å². The van der Waals surface area contributed by atoms with Crippen LogP contribution >= 0.6 is 0 Å². The lowest BCUT2D eigenvalue weighted by Crippen LogP contribution is -2.39. The highest BCUT2D eigenvalue weighted by Gasteiger charge is 2.53. The third-order valence-electron chi connectivity index (χ3n) is 15.9. The molecule has 306 valence electrons. The van der Waals surface area contributed by atoms with Gasteiger partial charge in [0.15, 0.2) is 0 Å². The third kappa shape index (κ3) is 5.25. The monoisotopic (exact) mass is 819 g/mol. The van der Waals surface area contributed by atoms with Gasteiger partial charge in [0, 0.05) is 33.2 Å². The van der Waals surface area contributed by atoms with Crippen LogP contribution in [0.15, 0.2) is 212 Å². The summed E-state index contributed by atoms with van der Waals surface area (Å²) < 4.78 is 0. The lowest BCUT2D eigenvalue weighted by Gasteiger charge is -2.46. The van der Waals surface area contributed by atoms with E-state index < -0.39 is 0 Å². The molecule has 9 aromatic rings. The van der Waals surface area contributed by atoms with Gasteiger partial charge in [-0.3, -0.25) is 0 Å². The maximum Gasteiger partial charge on any atom is 0.0540 e. The second-order valence-corrected chi connectivity index (χ2v) is 19.2. The molecule has 4 aliphatic carbocycles. The quantitative estimate of drug-likeness (QED) is 0.167. The average Bonchev–Trinajstić information content (AvgIpc) is 3.88. The number of nitrogens with zero attached hydrogens (tertiary/aromatic N) is 1. The van der Waals surface area contributed by atoms with Gasteiger partial charge in [-0.1, -0.05) is 190 Å². The fourth-order valence-electron chi connectivity index (χ4n) is 12.8. The Balaban J connectivity index is 0.972. The Morgan fingerprint density at radius 1 is 0.297 bits per heavy atom. The fraction of sp³-hybridized carbons (Fsp3) is 0.143. The van der Waals surface area contributed by atoms with Crippen LogP contribution in [0.5, 0.6) is 0 Å². The van der Waals surface area contributed by atoms with Crippen molar-refractivity contribution in [3.05, 3.63) is 246 Å². The number of benzene rings is 9. The summed E-state index contributed by atoms with van der Waals surface area (Å²) in [6.45, 7) is 4.78. The van der Waals surface area contributed by atoms with Gasteiger partial charge in [0.25, 0.3) is 0 Å². The summed E-state index contributed by atoms with van der Waals surface area (Å²) in [5.41, 5.74) is 25.4. The predicted octanol–water partition coefficient (Wildman–Crippen LogP) is 16.6. The Morgan fingerprint density at radius 2 is 0.703 bits per heavy atom. The molecule has 1 saturated carbocycles. The second kappa shape index (κ2) is 13.9. The zero-order valence-corrected chi connectivity index (χ0v) is 36.5. The van der Waals surface area contributed by atoms with Crippen molar-refractivity contribution in [2.45, 2.75) is 55.8 Å². The lowest BCUT2D eigenvalue weighted by molar-refractivity contribution is 0.265. The van der Waals surface area contributed by atoms with Crippen LogP contribution < -0.4 is 4.90 Å². The Labute approximate surface area is 377 Å². The number of hydrogen-bond donors (Lipinski definition) is 0. The van der Waals surface area contributed by atoms with Crippen LogP contribution in [0, 0.1) is 0 Å². The molecule has 1 fully saturated rings. The normalized spacial score (nSPS) is 19.1. The van der Waals surface area contributed by atoms with Crippen molar-refractivity contribution in [3.8, 4) is 55.6 Å². The zero-order valence-electron chi connectivity index (χ0n) is 36.5. The maximum atomic E-state index is 2.59. The summed E-state index contributed by atoms with van der Waals surface area (Å²) in [6.07, 6.45) is 4.34. The van der Waals surface area contributed by atoms with E-state index in [1.54, 1.807) is 0 Å². The van der Waals surface area contributed by atoms with Gasteiger partial charge in [-0.05, 0) is 146 Å². The van der Waals surface area contributed by atoms with Crippen LogP contribution in [0.4, 0.5) is 17.1 Å². The first-order valence-electron chi connectivity index (χ1n) is 23.2. The van der Waals surface area contributed by atoms with Gasteiger partial charge < -0.3 is 4.90 Å². The minimum atomic E-state index is -0.117. The van der Waals surface area contributed by atoms with E-state index in [9.17, 15) is 0 Å². The molecular formula is C63H49N. The molecule has 0 atom stereocenters. The molecule has 1 heteroatoms. The molecule has 9 aromatic carbocycles. The Kier molecular flexibility index (Phi) is 8.10. The molecule has 0 aliphatic heterocycles. The van der Waals surface area contributed by atoms with Crippen LogP contribution in [0.3, 0.4) is 0 Å². The molecule has 0 bridgehead atoms. The number of rotatable bonds is 5. The molecular weight excluding hydrogens is 771 g/mol. The number of fused-ring (bicyclic) bond motifs is 13. The summed E-state index contributed by atoms with van der Waals surface area (Å²) in [5.74, 6) is 0. The SMILES string of the molecule is CC1(C)c2ccccc2-c2ccc(N(c3ccc4c(c3)C3(CCC5(CC3)c3ccccc3-c3ccc(-c6ccccc6)cc35)c3ccccc3-4)c3ccccc3-c3ccccc3)cc21. The van der Waals surface area contributed by atoms with E-state index in [-0.39, 0.29) is 16.2 Å². The minimum Gasteiger partial charge on any atom is -0.310 e. The summed E-state index contributed by atoms with van der Waals surface area (Å²) in [7, 11) is 0. The smallest absolute Gasteiger partial charge is 0.0540 e. The topological polar surface area (TPSA) is 3.24 Å². The molecule has 2 spiro atoms. The molecule has 0 radical (unpaired) electrons. The van der Waals surface area contributed by atoms with E-state index >= 15 is 0 Å². The summed E-state index contributed by atoms with van der Waals surface area (Å²) in [6, 6.07) is 80.4. The number of anilines is 3. The van der Waals surface area contributed by atoms with Crippen LogP contribution in [0.25, 0.3) is 55.6 Å². The summed E-state index contributed by atoms with van der Waals surface area (Å²) in [5, 5.41) is 0. The first kappa shape index (κ1) is 37.3. The molecule has 1 nitrogen and oxygen atoms in total. The van der Waals surface area contributed by atoms with Crippen molar-refractivity contribution in [2.75, 3.05) is 4.90 Å². The third-order valence-corrected chi connectivity index (χ3v) is 15.9. The van der Waals surface area contributed by atoms with Gasteiger partial charge in [-0.25, -0.2) is 0 Å². The minimum absolute atomic E-state index is 0.0350. The molecule has 13 rings (SSSR count). The Bertz CT molecular complexity index is 3310. The molecule has 0 unspecified atom stereocenters. The Hall–Kier alpha value is -7.22. The standard InChI is InChI=1S/C63H49N/c1-61(2)54-25-13-9-22-48(54)51-33-30-45(40-57(51)61)64(60-28-16-12-21-47(60)43-19-7-4-8-20-43)46-31-34-53-50-24-11-15-27-56(50)63(59(53)41-46)37-35-62(36-38-63)55-26-14-10-23-49(55)52-32-29-44(39-58(52)62)42-17-5-3-6-18-42/h3-34,39-41H,35-38H2,1-2H3. The van der Waals surface area contributed by atoms with Crippen molar-refractivity contribution >= 4 is 17.1 Å². The van der Waals surface area contributed by atoms with Crippen LogP contribution in [-0.2, 0) is 16.2 Å². The van der Waals surface area contributed by atoms with E-state index in [2.05, 4.69) is 231 Å². The number of hydrogen-bond acceptors (Lipinski definition) is 1. The molecule has 0 aromatic heterocycles. The van der Waals surface area contributed by atoms with Gasteiger partial charge in [0.1, 0.15) is 0 Å². The summed E-state index contributed by atoms with van der Waals surface area (Å²) in [4.78, 5) is 2.55. The number of para-hydroxylation sites is 1. The van der Waals surface area contributed by atoms with E-state index in [4.69, 9.17) is 0 Å². The Morgan fingerprint density at radius 3 is 1.30 bits per heavy atom. The van der Waals surface area contributed by atoms with Gasteiger partial charge >= 0.3 is 0 Å². The van der Waals surface area contributed by atoms with Crippen molar-refractivity contribution in [3.63, 3.8) is 0 Å². The molecule has 64 heavy (non-hydrogen) atoms. The van der Waals surface area contributed by atoms with Gasteiger partial charge in [0.2, 0.25) is 0 Å². The molecule has 0 heterocycles. The lowest BCUT2D eigenvalue weighted by atomic mass is 9.57. The maximum absolute atomic E-state index is 2.59. The van der Waals surface area contributed by atoms with Gasteiger partial charge in [-0.2, -0.15) is 0 Å². The van der Waals surface area contributed by atoms with Crippen molar-refractivity contribution in [1.29, 1.82) is 0 Å². The summed E-state index contributed by atoms with van der Waals surface area (Å²) >= 11 is 0. The highest BCUT2D eigenvalue weighted by molar-refractivity contribution is 5.93. The first-order valence-corrected chi connectivity index (χ1v) is 23.2. The van der Waals surface area contributed by atoms with E-state index in [1.165, 1.54) is 106 Å². The van der Waals surface area contributed by atoms with E-state index in [0.717, 1.165) is 25.7 Å². The first-order chi connectivity index (χ1) is 31.4. The highest BCUT2D eigenvalue weighted by Crippen LogP contribution is 2.64. The van der Waals surface area contributed by atoms with E-state index in [0.29, 0.717) is 0 Å². The molecule has 0 amide bonds. The van der Waals surface area contributed by atoms with Crippen LogP contribution in [-0.4, -0.2) is 0 Å². The van der Waals surface area contributed by atoms with Gasteiger partial charge in [-0.15, -0.1) is 0 Å². The molecule has 0 N–H and O–H groups in total. The van der Waals surface area contributed by atoms with Gasteiger partial charge in [0.05, 0.1) is 5.69 Å². The largest absolute Gasteiger partial charge is 0.310 e.